The van der Waals surface area contributed by atoms with Gasteiger partial charge in [0.25, 0.3) is 5.56 Å². The van der Waals surface area contributed by atoms with Gasteiger partial charge in [-0.3, -0.25) is 9.69 Å². The quantitative estimate of drug-likeness (QED) is 0.471. The minimum absolute atomic E-state index is 0.0483. The molecule has 1 aliphatic heterocycles. The van der Waals surface area contributed by atoms with Crippen LogP contribution in [0.1, 0.15) is 101 Å². The first-order valence-corrected chi connectivity index (χ1v) is 13.7. The molecule has 2 fully saturated rings. The van der Waals surface area contributed by atoms with Crippen molar-refractivity contribution < 1.29 is 9.47 Å². The van der Waals surface area contributed by atoms with E-state index in [4.69, 9.17) is 9.47 Å². The third kappa shape index (κ3) is 4.49. The molecule has 0 saturated heterocycles. The van der Waals surface area contributed by atoms with Gasteiger partial charge in [0.2, 0.25) is 6.79 Å². The molecule has 3 aliphatic rings. The van der Waals surface area contributed by atoms with Crippen molar-refractivity contribution >= 4 is 10.9 Å². The van der Waals surface area contributed by atoms with Gasteiger partial charge in [-0.1, -0.05) is 45.4 Å². The normalized spacial score (nSPS) is 19.5. The molecule has 0 bridgehead atoms. The molecule has 6 rings (SSSR count). The summed E-state index contributed by atoms with van der Waals surface area (Å²) in [6, 6.07) is 6.73. The monoisotopic (exact) mass is 492 g/mol. The highest BCUT2D eigenvalue weighted by molar-refractivity contribution is 5.83. The predicted octanol–water partition coefficient (Wildman–Crippen LogP) is 5.03. The lowest BCUT2D eigenvalue weighted by molar-refractivity contribution is 0.0798. The fraction of sp³-hybridized carbons (Fsp3) is 0.630. The molecule has 3 heterocycles. The van der Waals surface area contributed by atoms with Gasteiger partial charge in [-0.15, -0.1) is 5.10 Å². The van der Waals surface area contributed by atoms with Gasteiger partial charge in [0.15, 0.2) is 17.3 Å². The molecule has 9 nitrogen and oxygen atoms in total. The summed E-state index contributed by atoms with van der Waals surface area (Å²) in [4.78, 5) is 18.9. The van der Waals surface area contributed by atoms with E-state index in [0.29, 0.717) is 24.4 Å². The summed E-state index contributed by atoms with van der Waals surface area (Å²) < 4.78 is 13.2. The molecule has 192 valence electrons. The van der Waals surface area contributed by atoms with E-state index in [1.54, 1.807) is 0 Å². The van der Waals surface area contributed by atoms with Gasteiger partial charge in [0, 0.05) is 29.6 Å². The summed E-state index contributed by atoms with van der Waals surface area (Å²) in [5, 5.41) is 14.2. The highest BCUT2D eigenvalue weighted by Gasteiger charge is 2.34. The molecular formula is C27H36N6O3. The van der Waals surface area contributed by atoms with Crippen LogP contribution in [0.3, 0.4) is 0 Å². The zero-order valence-electron chi connectivity index (χ0n) is 21.1. The van der Waals surface area contributed by atoms with Crippen LogP contribution in [0.2, 0.25) is 0 Å². The SMILES string of the molecule is CCC[C@@H](c1nnnn1C1CCCC1)N(Cc1cc2cc3c(cc2[nH]c1=O)OCO3)C1CCCCC1. The third-order valence-corrected chi connectivity index (χ3v) is 8.26. The summed E-state index contributed by atoms with van der Waals surface area (Å²) in [6.45, 7) is 3.01. The largest absolute Gasteiger partial charge is 0.454 e. The third-order valence-electron chi connectivity index (χ3n) is 8.26. The molecule has 1 atom stereocenters. The molecule has 2 aromatic heterocycles. The van der Waals surface area contributed by atoms with Crippen molar-refractivity contribution in [3.05, 3.63) is 39.9 Å². The van der Waals surface area contributed by atoms with Crippen LogP contribution in [-0.4, -0.2) is 42.9 Å². The lowest BCUT2D eigenvalue weighted by atomic mass is 9.91. The molecule has 2 saturated carbocycles. The summed E-state index contributed by atoms with van der Waals surface area (Å²) in [5.74, 6) is 2.37. The van der Waals surface area contributed by atoms with Crippen molar-refractivity contribution in [2.24, 2.45) is 0 Å². The molecule has 0 amide bonds. The van der Waals surface area contributed by atoms with Gasteiger partial charge in [-0.25, -0.2) is 4.68 Å². The van der Waals surface area contributed by atoms with Crippen molar-refractivity contribution in [3.63, 3.8) is 0 Å². The van der Waals surface area contributed by atoms with E-state index in [0.717, 1.165) is 66.6 Å². The zero-order chi connectivity index (χ0) is 24.5. The molecule has 2 aliphatic carbocycles. The first-order chi connectivity index (χ1) is 17.7. The highest BCUT2D eigenvalue weighted by Crippen LogP contribution is 2.38. The van der Waals surface area contributed by atoms with E-state index in [1.807, 2.05) is 18.2 Å². The lowest BCUT2D eigenvalue weighted by Gasteiger charge is -2.39. The van der Waals surface area contributed by atoms with Crippen LogP contribution in [0.4, 0.5) is 0 Å². The van der Waals surface area contributed by atoms with Gasteiger partial charge in [-0.05, 0) is 54.7 Å². The Morgan fingerprint density at radius 1 is 1.06 bits per heavy atom. The molecule has 0 unspecified atom stereocenters. The maximum atomic E-state index is 13.3. The van der Waals surface area contributed by atoms with Gasteiger partial charge in [-0.2, -0.15) is 0 Å². The molecule has 3 aromatic rings. The minimum atomic E-state index is -0.0483. The summed E-state index contributed by atoms with van der Waals surface area (Å²) >= 11 is 0. The Kier molecular flexibility index (Phi) is 6.65. The Morgan fingerprint density at radius 3 is 2.58 bits per heavy atom. The van der Waals surface area contributed by atoms with Crippen LogP contribution >= 0.6 is 0 Å². The fourth-order valence-electron chi connectivity index (χ4n) is 6.41. The Labute approximate surface area is 211 Å². The minimum Gasteiger partial charge on any atom is -0.454 e. The number of ether oxygens (including phenoxy) is 2. The Morgan fingerprint density at radius 2 is 1.81 bits per heavy atom. The van der Waals surface area contributed by atoms with Crippen LogP contribution in [0.25, 0.3) is 10.9 Å². The molecule has 9 heteroatoms. The van der Waals surface area contributed by atoms with Crippen molar-refractivity contribution in [3.8, 4) is 11.5 Å². The maximum Gasteiger partial charge on any atom is 0.252 e. The number of nitrogens with zero attached hydrogens (tertiary/aromatic N) is 5. The Balaban J connectivity index is 1.38. The number of aromatic nitrogens is 5. The smallest absolute Gasteiger partial charge is 0.252 e. The molecule has 1 N–H and O–H groups in total. The predicted molar refractivity (Wildman–Crippen MR) is 136 cm³/mol. The van der Waals surface area contributed by atoms with Crippen LogP contribution in [0, 0.1) is 0 Å². The van der Waals surface area contributed by atoms with E-state index in [-0.39, 0.29) is 18.4 Å². The summed E-state index contributed by atoms with van der Waals surface area (Å²) in [7, 11) is 0. The lowest BCUT2D eigenvalue weighted by Crippen LogP contribution is -2.41. The number of pyridine rings is 1. The second kappa shape index (κ2) is 10.2. The average molecular weight is 493 g/mol. The van der Waals surface area contributed by atoms with Crippen LogP contribution in [0.15, 0.2) is 23.0 Å². The van der Waals surface area contributed by atoms with Gasteiger partial charge >= 0.3 is 0 Å². The number of nitrogens with one attached hydrogen (secondary N) is 1. The second-order valence-corrected chi connectivity index (χ2v) is 10.6. The number of aromatic amines is 1. The van der Waals surface area contributed by atoms with Gasteiger partial charge in [0.05, 0.1) is 17.6 Å². The first kappa shape index (κ1) is 23.5. The van der Waals surface area contributed by atoms with Gasteiger partial charge in [0.1, 0.15) is 0 Å². The summed E-state index contributed by atoms with van der Waals surface area (Å²) in [6.07, 6.45) is 12.8. The number of rotatable bonds is 8. The molecule has 0 spiro atoms. The van der Waals surface area contributed by atoms with Crippen LogP contribution < -0.4 is 15.0 Å². The van der Waals surface area contributed by atoms with E-state index in [2.05, 4.69) is 37.0 Å². The number of hydrogen-bond donors (Lipinski definition) is 1. The number of benzene rings is 1. The molecule has 36 heavy (non-hydrogen) atoms. The first-order valence-electron chi connectivity index (χ1n) is 13.7. The van der Waals surface area contributed by atoms with Crippen LogP contribution in [-0.2, 0) is 6.54 Å². The number of tetrazole rings is 1. The maximum absolute atomic E-state index is 13.3. The highest BCUT2D eigenvalue weighted by atomic mass is 16.7. The Bertz CT molecular complexity index is 1260. The number of H-pyrrole nitrogens is 1. The van der Waals surface area contributed by atoms with Crippen molar-refractivity contribution in [2.75, 3.05) is 6.79 Å². The fourth-order valence-corrected chi connectivity index (χ4v) is 6.41. The van der Waals surface area contributed by atoms with E-state index < -0.39 is 0 Å². The number of hydrogen-bond acceptors (Lipinski definition) is 7. The average Bonchev–Trinajstić information content (AvgIpc) is 3.67. The standard InChI is InChI=1S/C27H36N6O3/c1-2-8-23(26-29-30-31-33(26)21-11-6-7-12-21)32(20-9-4-3-5-10-20)16-19-13-18-14-24-25(36-17-35-24)15-22(18)28-27(19)34/h13-15,20-21,23H,2-12,16-17H2,1H3,(H,28,34)/t23-/m0/s1. The van der Waals surface area contributed by atoms with Gasteiger partial charge < -0.3 is 14.5 Å². The van der Waals surface area contributed by atoms with Crippen LogP contribution in [0.5, 0.6) is 11.5 Å². The zero-order valence-corrected chi connectivity index (χ0v) is 21.1. The van der Waals surface area contributed by atoms with Crippen molar-refractivity contribution in [2.45, 2.75) is 102 Å². The topological polar surface area (TPSA) is 98.2 Å². The molecule has 1 aromatic carbocycles. The van der Waals surface area contributed by atoms with E-state index >= 15 is 0 Å². The second-order valence-electron chi connectivity index (χ2n) is 10.6. The van der Waals surface area contributed by atoms with E-state index in [1.165, 1.54) is 32.1 Å². The van der Waals surface area contributed by atoms with Crippen molar-refractivity contribution in [1.82, 2.24) is 30.1 Å². The summed E-state index contributed by atoms with van der Waals surface area (Å²) in [5.41, 5.74) is 1.49. The molecule has 0 radical (unpaired) electrons. The number of fused-ring (bicyclic) bond motifs is 2. The Hall–Kier alpha value is -2.94. The molecular weight excluding hydrogens is 456 g/mol. The van der Waals surface area contributed by atoms with Crippen molar-refractivity contribution in [1.29, 1.82) is 0 Å². The van der Waals surface area contributed by atoms with E-state index in [9.17, 15) is 4.79 Å².